The molecule has 1 amide bonds. The minimum atomic E-state index is -0.115. The van der Waals surface area contributed by atoms with Crippen LogP contribution in [0.2, 0.25) is 0 Å². The largest absolute Gasteiger partial charge is 0.488 e. The van der Waals surface area contributed by atoms with Crippen LogP contribution in [0.3, 0.4) is 0 Å². The zero-order valence-electron chi connectivity index (χ0n) is 15.3. The van der Waals surface area contributed by atoms with Crippen molar-refractivity contribution in [1.29, 1.82) is 0 Å². The summed E-state index contributed by atoms with van der Waals surface area (Å²) in [5.41, 5.74) is 2.52. The minimum Gasteiger partial charge on any atom is -0.488 e. The predicted octanol–water partition coefficient (Wildman–Crippen LogP) is 4.74. The fourth-order valence-corrected chi connectivity index (χ4v) is 3.07. The van der Waals surface area contributed by atoms with Crippen LogP contribution < -0.4 is 10.1 Å². The molecule has 0 bridgehead atoms. The Hall–Kier alpha value is -3.66. The molecule has 0 aliphatic heterocycles. The lowest BCUT2D eigenvalue weighted by molar-refractivity contribution is 0.0950. The number of hydrogen-bond donors (Lipinski definition) is 1. The van der Waals surface area contributed by atoms with Gasteiger partial charge < -0.3 is 10.1 Å². The van der Waals surface area contributed by atoms with Gasteiger partial charge in [0.25, 0.3) is 5.91 Å². The predicted molar refractivity (Wildman–Crippen MR) is 110 cm³/mol. The van der Waals surface area contributed by atoms with Crippen LogP contribution in [0.25, 0.3) is 10.8 Å². The number of fused-ring (bicyclic) bond motifs is 1. The third-order valence-corrected chi connectivity index (χ3v) is 4.51. The molecule has 0 aliphatic rings. The first kappa shape index (κ1) is 17.7. The van der Waals surface area contributed by atoms with E-state index in [1.807, 2.05) is 60.7 Å². The third kappa shape index (κ3) is 4.18. The van der Waals surface area contributed by atoms with Gasteiger partial charge in [0, 0.05) is 29.9 Å². The number of benzene rings is 3. The lowest BCUT2D eigenvalue weighted by Gasteiger charge is -2.11. The van der Waals surface area contributed by atoms with Crippen LogP contribution in [0, 0.1) is 0 Å². The van der Waals surface area contributed by atoms with Crippen molar-refractivity contribution in [3.63, 3.8) is 0 Å². The van der Waals surface area contributed by atoms with E-state index in [1.54, 1.807) is 18.5 Å². The number of nitrogens with zero attached hydrogens (tertiary/aromatic N) is 1. The van der Waals surface area contributed by atoms with Crippen molar-refractivity contribution in [3.05, 3.63) is 108 Å². The van der Waals surface area contributed by atoms with Crippen molar-refractivity contribution in [2.45, 2.75) is 13.2 Å². The van der Waals surface area contributed by atoms with E-state index < -0.39 is 0 Å². The van der Waals surface area contributed by atoms with E-state index in [2.05, 4.69) is 22.4 Å². The molecule has 4 aromatic rings. The highest BCUT2D eigenvalue weighted by molar-refractivity contribution is 5.94. The second-order valence-electron chi connectivity index (χ2n) is 6.51. The van der Waals surface area contributed by atoms with Crippen LogP contribution in [0.4, 0.5) is 0 Å². The second kappa shape index (κ2) is 8.35. The number of rotatable bonds is 6. The Bertz CT molecular complexity index is 1090. The number of amides is 1. The lowest BCUT2D eigenvalue weighted by Crippen LogP contribution is -2.23. The Morgan fingerprint density at radius 2 is 1.71 bits per heavy atom. The minimum absolute atomic E-state index is 0.115. The van der Waals surface area contributed by atoms with Crippen molar-refractivity contribution in [3.8, 4) is 5.75 Å². The van der Waals surface area contributed by atoms with E-state index in [0.29, 0.717) is 18.7 Å². The molecule has 28 heavy (non-hydrogen) atoms. The van der Waals surface area contributed by atoms with Gasteiger partial charge in [0.1, 0.15) is 12.4 Å². The van der Waals surface area contributed by atoms with Gasteiger partial charge in [-0.1, -0.05) is 54.6 Å². The average molecular weight is 368 g/mol. The number of pyridine rings is 1. The zero-order chi connectivity index (χ0) is 19.2. The van der Waals surface area contributed by atoms with E-state index >= 15 is 0 Å². The van der Waals surface area contributed by atoms with Gasteiger partial charge in [0.05, 0.1) is 0 Å². The van der Waals surface area contributed by atoms with Crippen molar-refractivity contribution in [2.75, 3.05) is 0 Å². The van der Waals surface area contributed by atoms with Crippen LogP contribution in [-0.2, 0) is 13.2 Å². The summed E-state index contributed by atoms with van der Waals surface area (Å²) in [6, 6.07) is 25.4. The summed E-state index contributed by atoms with van der Waals surface area (Å²) in [7, 11) is 0. The summed E-state index contributed by atoms with van der Waals surface area (Å²) in [5, 5.41) is 5.14. The van der Waals surface area contributed by atoms with Crippen LogP contribution >= 0.6 is 0 Å². The quantitative estimate of drug-likeness (QED) is 0.535. The van der Waals surface area contributed by atoms with Crippen LogP contribution in [0.15, 0.2) is 91.3 Å². The van der Waals surface area contributed by atoms with E-state index in [-0.39, 0.29) is 5.91 Å². The molecule has 0 aliphatic carbocycles. The van der Waals surface area contributed by atoms with E-state index in [1.165, 1.54) is 0 Å². The molecular weight excluding hydrogens is 348 g/mol. The van der Waals surface area contributed by atoms with E-state index in [0.717, 1.165) is 27.6 Å². The number of carbonyl (C=O) groups excluding carboxylic acids is 1. The first-order chi connectivity index (χ1) is 13.8. The topological polar surface area (TPSA) is 51.2 Å². The van der Waals surface area contributed by atoms with Crippen molar-refractivity contribution >= 4 is 16.7 Å². The highest BCUT2D eigenvalue weighted by Crippen LogP contribution is 2.26. The smallest absolute Gasteiger partial charge is 0.251 e. The maximum atomic E-state index is 12.4. The summed E-state index contributed by atoms with van der Waals surface area (Å²) in [6.07, 6.45) is 3.46. The number of ether oxygens (including phenoxy) is 1. The number of hydrogen-bond acceptors (Lipinski definition) is 3. The Balaban J connectivity index is 1.42. The molecule has 4 nitrogen and oxygen atoms in total. The Morgan fingerprint density at radius 1 is 0.893 bits per heavy atom. The molecule has 1 N–H and O–H groups in total. The van der Waals surface area contributed by atoms with E-state index in [4.69, 9.17) is 4.74 Å². The van der Waals surface area contributed by atoms with Gasteiger partial charge in [-0.3, -0.25) is 9.78 Å². The van der Waals surface area contributed by atoms with Gasteiger partial charge in [-0.25, -0.2) is 0 Å². The second-order valence-corrected chi connectivity index (χ2v) is 6.51. The molecule has 0 unspecified atom stereocenters. The first-order valence-electron chi connectivity index (χ1n) is 9.16. The summed E-state index contributed by atoms with van der Waals surface area (Å²) in [4.78, 5) is 16.5. The van der Waals surface area contributed by atoms with Gasteiger partial charge in [-0.2, -0.15) is 0 Å². The molecule has 4 heteroatoms. The number of nitrogens with one attached hydrogen (secondary N) is 1. The standard InChI is InChI=1S/C24H20N2O2/c27-24(26-16-19-7-5-13-25-15-19)21-10-3-6-18(14-21)17-28-23-12-4-9-20-8-1-2-11-22(20)23/h1-15H,16-17H2,(H,26,27). The van der Waals surface area contributed by atoms with Crippen LogP contribution in [-0.4, -0.2) is 10.9 Å². The molecule has 0 saturated heterocycles. The fraction of sp³-hybridized carbons (Fsp3) is 0.0833. The maximum absolute atomic E-state index is 12.4. The molecule has 0 radical (unpaired) electrons. The van der Waals surface area contributed by atoms with Crippen molar-refractivity contribution in [1.82, 2.24) is 10.3 Å². The molecule has 138 valence electrons. The molecule has 0 atom stereocenters. The number of aromatic nitrogens is 1. The lowest BCUT2D eigenvalue weighted by atomic mass is 10.1. The molecule has 0 spiro atoms. The Morgan fingerprint density at radius 3 is 2.61 bits per heavy atom. The number of carbonyl (C=O) groups is 1. The Labute approximate surface area is 163 Å². The molecular formula is C24H20N2O2. The van der Waals surface area contributed by atoms with Gasteiger partial charge in [-0.05, 0) is 40.8 Å². The van der Waals surface area contributed by atoms with Crippen molar-refractivity contribution in [2.24, 2.45) is 0 Å². The summed E-state index contributed by atoms with van der Waals surface area (Å²) < 4.78 is 6.03. The van der Waals surface area contributed by atoms with Crippen LogP contribution in [0.5, 0.6) is 5.75 Å². The zero-order valence-corrected chi connectivity index (χ0v) is 15.3. The van der Waals surface area contributed by atoms with E-state index in [9.17, 15) is 4.79 Å². The fourth-order valence-electron chi connectivity index (χ4n) is 3.07. The average Bonchev–Trinajstić information content (AvgIpc) is 2.77. The molecule has 4 rings (SSSR count). The normalized spacial score (nSPS) is 10.6. The maximum Gasteiger partial charge on any atom is 0.251 e. The highest BCUT2D eigenvalue weighted by atomic mass is 16.5. The highest BCUT2D eigenvalue weighted by Gasteiger charge is 2.07. The SMILES string of the molecule is O=C(NCc1cccnc1)c1cccc(COc2cccc3ccccc23)c1. The molecule has 1 heterocycles. The third-order valence-electron chi connectivity index (χ3n) is 4.51. The monoisotopic (exact) mass is 368 g/mol. The summed E-state index contributed by atoms with van der Waals surface area (Å²) in [5.74, 6) is 0.723. The van der Waals surface area contributed by atoms with Gasteiger partial charge in [-0.15, -0.1) is 0 Å². The molecule has 3 aromatic carbocycles. The van der Waals surface area contributed by atoms with Crippen molar-refractivity contribution < 1.29 is 9.53 Å². The summed E-state index contributed by atoms with van der Waals surface area (Å²) >= 11 is 0. The van der Waals surface area contributed by atoms with Gasteiger partial charge in [0.2, 0.25) is 0 Å². The molecule has 0 fully saturated rings. The molecule has 0 saturated carbocycles. The van der Waals surface area contributed by atoms with Crippen LogP contribution in [0.1, 0.15) is 21.5 Å². The summed E-state index contributed by atoms with van der Waals surface area (Å²) in [6.45, 7) is 0.848. The van der Waals surface area contributed by atoms with Gasteiger partial charge in [0.15, 0.2) is 0 Å². The molecule has 1 aromatic heterocycles. The first-order valence-corrected chi connectivity index (χ1v) is 9.16. The van der Waals surface area contributed by atoms with Gasteiger partial charge >= 0.3 is 0 Å². The Kier molecular flexibility index (Phi) is 5.29.